The second-order valence-corrected chi connectivity index (χ2v) is 6.17. The second kappa shape index (κ2) is 6.77. The van der Waals surface area contributed by atoms with Crippen molar-refractivity contribution in [3.63, 3.8) is 0 Å². The van der Waals surface area contributed by atoms with Crippen LogP contribution in [0.25, 0.3) is 0 Å². The van der Waals surface area contributed by atoms with Crippen LogP contribution in [0.5, 0.6) is 0 Å². The zero-order valence-electron chi connectivity index (χ0n) is 11.0. The van der Waals surface area contributed by atoms with E-state index in [0.717, 1.165) is 5.56 Å². The van der Waals surface area contributed by atoms with E-state index < -0.39 is 5.82 Å². The minimum absolute atomic E-state index is 0.248. The minimum Gasteiger partial charge on any atom is -0.346 e. The predicted molar refractivity (Wildman–Crippen MR) is 86.4 cm³/mol. The molecule has 0 bridgehead atoms. The summed E-state index contributed by atoms with van der Waals surface area (Å²) in [6.45, 7) is 1.83. The molecule has 2 aromatic rings. The molecule has 0 aliphatic carbocycles. The number of halogens is 4. The lowest BCUT2D eigenvalue weighted by Gasteiger charge is -2.15. The van der Waals surface area contributed by atoms with Crippen LogP contribution < -0.4 is 5.32 Å². The van der Waals surface area contributed by atoms with Gasteiger partial charge in [0.1, 0.15) is 5.82 Å². The third-order valence-electron chi connectivity index (χ3n) is 2.97. The Morgan fingerprint density at radius 1 is 1.19 bits per heavy atom. The molecule has 0 aliphatic rings. The first-order valence-corrected chi connectivity index (χ1v) is 7.64. The van der Waals surface area contributed by atoms with Crippen molar-refractivity contribution in [3.8, 4) is 0 Å². The predicted octanol–water partition coefficient (Wildman–Crippen LogP) is 5.39. The Morgan fingerprint density at radius 2 is 1.90 bits per heavy atom. The van der Waals surface area contributed by atoms with Gasteiger partial charge in [0, 0.05) is 5.56 Å². The molecule has 6 heteroatoms. The van der Waals surface area contributed by atoms with Crippen molar-refractivity contribution in [2.24, 2.45) is 0 Å². The van der Waals surface area contributed by atoms with Crippen molar-refractivity contribution in [1.29, 1.82) is 0 Å². The van der Waals surface area contributed by atoms with Crippen molar-refractivity contribution in [1.82, 2.24) is 5.32 Å². The number of hydrogen-bond acceptors (Lipinski definition) is 1. The summed E-state index contributed by atoms with van der Waals surface area (Å²) >= 11 is 14.9. The summed E-state index contributed by atoms with van der Waals surface area (Å²) in [5.74, 6) is -0.710. The van der Waals surface area contributed by atoms with Crippen LogP contribution in [0.1, 0.15) is 28.9 Å². The van der Waals surface area contributed by atoms with Gasteiger partial charge in [0.15, 0.2) is 0 Å². The Labute approximate surface area is 140 Å². The van der Waals surface area contributed by atoms with E-state index >= 15 is 0 Å². The van der Waals surface area contributed by atoms with Gasteiger partial charge in [-0.3, -0.25) is 4.79 Å². The van der Waals surface area contributed by atoms with Crippen LogP contribution in [-0.4, -0.2) is 5.91 Å². The minimum atomic E-state index is -0.413. The van der Waals surface area contributed by atoms with Crippen molar-refractivity contribution < 1.29 is 9.18 Å². The molecular formula is C15H11BrCl2FNO. The van der Waals surface area contributed by atoms with Gasteiger partial charge in [0.05, 0.1) is 20.6 Å². The van der Waals surface area contributed by atoms with Gasteiger partial charge in [-0.15, -0.1) is 0 Å². The number of carbonyl (C=O) groups is 1. The molecule has 2 nitrogen and oxygen atoms in total. The van der Waals surface area contributed by atoms with Gasteiger partial charge >= 0.3 is 0 Å². The van der Waals surface area contributed by atoms with Gasteiger partial charge in [-0.25, -0.2) is 4.39 Å². The molecule has 1 amide bonds. The highest BCUT2D eigenvalue weighted by Gasteiger charge is 2.13. The number of amides is 1. The average molecular weight is 391 g/mol. The Bertz CT molecular complexity index is 693. The van der Waals surface area contributed by atoms with Gasteiger partial charge in [0.2, 0.25) is 0 Å². The van der Waals surface area contributed by atoms with Crippen LogP contribution in [0.4, 0.5) is 4.39 Å². The Balaban J connectivity index is 2.14. The van der Waals surface area contributed by atoms with Gasteiger partial charge < -0.3 is 5.32 Å². The standard InChI is InChI=1S/C15H11BrCl2FNO/c1-8(9-2-4-12(17)13(18)7-9)20-15(21)10-3-5-14(19)11(16)6-10/h2-8H,1H3,(H,20,21). The molecule has 0 heterocycles. The summed E-state index contributed by atoms with van der Waals surface area (Å²) in [5.41, 5.74) is 1.20. The molecule has 0 aliphatic heterocycles. The molecule has 1 atom stereocenters. The normalized spacial score (nSPS) is 12.0. The van der Waals surface area contributed by atoms with Crippen molar-refractivity contribution in [3.05, 3.63) is 67.9 Å². The molecular weight excluding hydrogens is 380 g/mol. The number of carbonyl (C=O) groups excluding carboxylic acids is 1. The number of benzene rings is 2. The van der Waals surface area contributed by atoms with E-state index in [9.17, 15) is 9.18 Å². The lowest BCUT2D eigenvalue weighted by molar-refractivity contribution is 0.0940. The zero-order valence-corrected chi connectivity index (χ0v) is 14.1. The Kier molecular flexibility index (Phi) is 5.25. The van der Waals surface area contributed by atoms with Crippen LogP contribution in [0, 0.1) is 5.82 Å². The maximum atomic E-state index is 13.2. The largest absolute Gasteiger partial charge is 0.346 e. The van der Waals surface area contributed by atoms with E-state index in [0.29, 0.717) is 15.6 Å². The molecule has 110 valence electrons. The van der Waals surface area contributed by atoms with Crippen LogP contribution in [0.2, 0.25) is 10.0 Å². The maximum Gasteiger partial charge on any atom is 0.251 e. The van der Waals surface area contributed by atoms with E-state index in [1.807, 2.05) is 6.92 Å². The first-order chi connectivity index (χ1) is 9.88. The van der Waals surface area contributed by atoms with Gasteiger partial charge in [-0.1, -0.05) is 29.3 Å². The topological polar surface area (TPSA) is 29.1 Å². The number of rotatable bonds is 3. The first-order valence-electron chi connectivity index (χ1n) is 6.09. The lowest BCUT2D eigenvalue weighted by atomic mass is 10.1. The molecule has 1 N–H and O–H groups in total. The summed E-state index contributed by atoms with van der Waals surface area (Å²) in [4.78, 5) is 12.1. The lowest BCUT2D eigenvalue weighted by Crippen LogP contribution is -2.26. The fourth-order valence-electron chi connectivity index (χ4n) is 1.78. The van der Waals surface area contributed by atoms with E-state index in [4.69, 9.17) is 23.2 Å². The van der Waals surface area contributed by atoms with Crippen LogP contribution in [0.15, 0.2) is 40.9 Å². The summed E-state index contributed by atoms with van der Waals surface area (Å²) in [6, 6.07) is 9.02. The molecule has 0 spiro atoms. The van der Waals surface area contributed by atoms with Crippen LogP contribution >= 0.6 is 39.1 Å². The van der Waals surface area contributed by atoms with Crippen LogP contribution in [0.3, 0.4) is 0 Å². The maximum absolute atomic E-state index is 13.2. The Morgan fingerprint density at radius 3 is 2.52 bits per heavy atom. The molecule has 0 radical (unpaired) electrons. The molecule has 0 aromatic heterocycles. The number of nitrogens with one attached hydrogen (secondary N) is 1. The average Bonchev–Trinajstić information content (AvgIpc) is 2.44. The first kappa shape index (κ1) is 16.3. The highest BCUT2D eigenvalue weighted by molar-refractivity contribution is 9.10. The molecule has 0 saturated heterocycles. The van der Waals surface area contributed by atoms with E-state index in [2.05, 4.69) is 21.2 Å². The SMILES string of the molecule is CC(NC(=O)c1ccc(F)c(Br)c1)c1ccc(Cl)c(Cl)c1. The third-order valence-corrected chi connectivity index (χ3v) is 4.32. The van der Waals surface area contributed by atoms with Crippen LogP contribution in [-0.2, 0) is 0 Å². The fourth-order valence-corrected chi connectivity index (χ4v) is 2.47. The number of hydrogen-bond donors (Lipinski definition) is 1. The fraction of sp³-hybridized carbons (Fsp3) is 0.133. The van der Waals surface area contributed by atoms with Crippen molar-refractivity contribution in [2.75, 3.05) is 0 Å². The van der Waals surface area contributed by atoms with Gasteiger partial charge in [0.25, 0.3) is 5.91 Å². The molecule has 2 rings (SSSR count). The van der Waals surface area contributed by atoms with Crippen molar-refractivity contribution >= 4 is 45.0 Å². The smallest absolute Gasteiger partial charge is 0.251 e. The molecule has 2 aromatic carbocycles. The quantitative estimate of drug-likeness (QED) is 0.748. The third kappa shape index (κ3) is 3.96. The monoisotopic (exact) mass is 389 g/mol. The highest BCUT2D eigenvalue weighted by atomic mass is 79.9. The summed E-state index contributed by atoms with van der Waals surface area (Å²) < 4.78 is 13.4. The van der Waals surface area contributed by atoms with Gasteiger partial charge in [-0.05, 0) is 58.7 Å². The Hall–Kier alpha value is -1.10. The molecule has 21 heavy (non-hydrogen) atoms. The molecule has 0 saturated carbocycles. The van der Waals surface area contributed by atoms with E-state index in [1.165, 1.54) is 18.2 Å². The van der Waals surface area contributed by atoms with E-state index in [-0.39, 0.29) is 16.4 Å². The second-order valence-electron chi connectivity index (χ2n) is 4.50. The van der Waals surface area contributed by atoms with Crippen molar-refractivity contribution in [2.45, 2.75) is 13.0 Å². The summed E-state index contributed by atoms with van der Waals surface area (Å²) in [7, 11) is 0. The zero-order chi connectivity index (χ0) is 15.6. The van der Waals surface area contributed by atoms with E-state index in [1.54, 1.807) is 18.2 Å². The molecule has 0 fully saturated rings. The summed E-state index contributed by atoms with van der Waals surface area (Å²) in [5, 5.41) is 3.71. The summed E-state index contributed by atoms with van der Waals surface area (Å²) in [6.07, 6.45) is 0. The van der Waals surface area contributed by atoms with Gasteiger partial charge in [-0.2, -0.15) is 0 Å². The highest BCUT2D eigenvalue weighted by Crippen LogP contribution is 2.26. The molecule has 1 unspecified atom stereocenters.